The Morgan fingerprint density at radius 3 is 0.556 bits per heavy atom. The molecule has 0 aromatic heterocycles. The molecule has 4 rings (SSSR count). The van der Waals surface area contributed by atoms with E-state index in [0.717, 1.165) is 77.0 Å². The molecule has 9 heteroatoms. The highest BCUT2D eigenvalue weighted by Gasteiger charge is 2.66. The van der Waals surface area contributed by atoms with Crippen molar-refractivity contribution in [1.29, 1.82) is 0 Å². The van der Waals surface area contributed by atoms with Crippen molar-refractivity contribution in [3.8, 4) is 0 Å². The number of piperidine rings is 4. The van der Waals surface area contributed by atoms with Crippen LogP contribution in [0.3, 0.4) is 0 Å². The van der Waals surface area contributed by atoms with Gasteiger partial charge in [0.1, 0.15) is 0 Å². The monoisotopic (exact) mass is 653 g/mol. The Morgan fingerprint density at radius 2 is 0.422 bits per heavy atom. The molecular weight excluding hydrogens is 581 g/mol. The molecule has 0 radical (unpaired) electrons. The van der Waals surface area contributed by atoms with Crippen molar-refractivity contribution in [2.75, 3.05) is 0 Å². The minimum Gasteiger partial charge on any atom is -0.259 e. The standard InChI is InChI=1S/C36H72N4O4Si/c1-29(2)21-17-22-30(3,4)37(29)41-45(42-38-31(5,6)23-18-24-32(38,7)8,43-39-33(9,10)25-19-26-34(39,11)12)44-40-35(13,14)27-20-28-36(40,15)16/h17-28H2,1-16H3. The topological polar surface area (TPSA) is 49.9 Å². The first-order chi connectivity index (χ1) is 20.2. The summed E-state index contributed by atoms with van der Waals surface area (Å²) in [6.45, 7) is 36.8. The smallest absolute Gasteiger partial charge is 0.259 e. The van der Waals surface area contributed by atoms with Gasteiger partial charge < -0.3 is 0 Å². The van der Waals surface area contributed by atoms with E-state index in [0.29, 0.717) is 0 Å². The van der Waals surface area contributed by atoms with Gasteiger partial charge in [0, 0.05) is 44.3 Å². The van der Waals surface area contributed by atoms with Crippen molar-refractivity contribution in [2.45, 2.75) is 232 Å². The van der Waals surface area contributed by atoms with Gasteiger partial charge in [-0.25, -0.2) is 0 Å². The molecule has 0 aromatic rings. The molecule has 4 saturated heterocycles. The average molecular weight is 653 g/mol. The third-order valence-corrected chi connectivity index (χ3v) is 13.1. The second-order valence-electron chi connectivity index (χ2n) is 20.0. The second kappa shape index (κ2) is 12.0. The Morgan fingerprint density at radius 1 is 0.289 bits per heavy atom. The summed E-state index contributed by atoms with van der Waals surface area (Å²) in [6, 6.07) is 0. The highest BCUT2D eigenvalue weighted by Crippen LogP contribution is 2.48. The third-order valence-electron chi connectivity index (χ3n) is 11.5. The Kier molecular flexibility index (Phi) is 10.1. The van der Waals surface area contributed by atoms with Crippen LogP contribution in [-0.2, 0) is 18.1 Å². The molecule has 8 nitrogen and oxygen atoms in total. The quantitative estimate of drug-likeness (QED) is 0.241. The van der Waals surface area contributed by atoms with E-state index in [-0.39, 0.29) is 44.3 Å². The molecule has 0 amide bonds. The highest BCUT2D eigenvalue weighted by atomic mass is 28.4. The molecule has 0 aliphatic carbocycles. The van der Waals surface area contributed by atoms with Crippen molar-refractivity contribution >= 4 is 9.05 Å². The number of hydrogen-bond acceptors (Lipinski definition) is 8. The molecular formula is C36H72N4O4Si. The van der Waals surface area contributed by atoms with Crippen molar-refractivity contribution in [2.24, 2.45) is 0 Å². The summed E-state index contributed by atoms with van der Waals surface area (Å²) in [5.74, 6) is 0. The van der Waals surface area contributed by atoms with Gasteiger partial charge in [0.15, 0.2) is 0 Å². The third kappa shape index (κ3) is 7.72. The van der Waals surface area contributed by atoms with Gasteiger partial charge in [0.2, 0.25) is 0 Å². The fourth-order valence-corrected chi connectivity index (χ4v) is 12.5. The zero-order chi connectivity index (χ0) is 34.1. The van der Waals surface area contributed by atoms with Crippen molar-refractivity contribution in [3.05, 3.63) is 0 Å². The lowest BCUT2D eigenvalue weighted by Gasteiger charge is -2.60. The molecule has 4 fully saturated rings. The van der Waals surface area contributed by atoms with Crippen molar-refractivity contribution in [1.82, 2.24) is 20.3 Å². The maximum atomic E-state index is 7.56. The minimum absolute atomic E-state index is 0.233. The van der Waals surface area contributed by atoms with Crippen LogP contribution in [0.4, 0.5) is 0 Å². The molecule has 4 heterocycles. The molecule has 0 saturated carbocycles. The van der Waals surface area contributed by atoms with Crippen molar-refractivity contribution < 1.29 is 18.1 Å². The molecule has 264 valence electrons. The average Bonchev–Trinajstić information content (AvgIpc) is 2.83. The van der Waals surface area contributed by atoms with Crippen LogP contribution in [0.15, 0.2) is 0 Å². The van der Waals surface area contributed by atoms with Crippen LogP contribution in [0.1, 0.15) is 188 Å². The zero-order valence-electron chi connectivity index (χ0n) is 32.4. The Hall–Kier alpha value is -0.103. The number of rotatable bonds is 8. The van der Waals surface area contributed by atoms with Crippen LogP contribution >= 0.6 is 0 Å². The van der Waals surface area contributed by atoms with Gasteiger partial charge in [-0.15, -0.1) is 0 Å². The SMILES string of the molecule is CC1(C)CCCC(C)(C)N1O[Si](ON1C(C)(C)CCCC1(C)C)(ON1C(C)(C)CCCC1(C)C)ON1C(C)(C)CCCC1(C)C. The molecule has 0 bridgehead atoms. The van der Waals surface area contributed by atoms with Crippen LogP contribution in [0, 0.1) is 0 Å². The van der Waals surface area contributed by atoms with Gasteiger partial charge in [-0.3, -0.25) is 18.1 Å². The van der Waals surface area contributed by atoms with Gasteiger partial charge in [-0.2, -0.15) is 20.3 Å². The van der Waals surface area contributed by atoms with Crippen LogP contribution < -0.4 is 0 Å². The summed E-state index contributed by atoms with van der Waals surface area (Å²) in [6.07, 6.45) is 12.9. The van der Waals surface area contributed by atoms with Crippen LogP contribution in [0.25, 0.3) is 0 Å². The number of hydrogen-bond donors (Lipinski definition) is 0. The Balaban J connectivity index is 1.96. The zero-order valence-corrected chi connectivity index (χ0v) is 33.4. The fraction of sp³-hybridized carbons (Fsp3) is 1.00. The minimum atomic E-state index is -4.15. The van der Waals surface area contributed by atoms with Gasteiger partial charge in [0.25, 0.3) is 0 Å². The Bertz CT molecular complexity index is 824. The molecule has 4 aliphatic rings. The highest BCUT2D eigenvalue weighted by molar-refractivity contribution is 6.53. The van der Waals surface area contributed by atoms with Crippen molar-refractivity contribution in [3.63, 3.8) is 0 Å². The number of nitrogens with zero attached hydrogens (tertiary/aromatic N) is 4. The normalized spacial score (nSPS) is 31.5. The predicted octanol–water partition coefficient (Wildman–Crippen LogP) is 9.32. The van der Waals surface area contributed by atoms with Crippen LogP contribution in [0.2, 0.25) is 0 Å². The maximum absolute atomic E-state index is 7.56. The van der Waals surface area contributed by atoms with Gasteiger partial charge >= 0.3 is 9.05 Å². The first kappa shape index (κ1) is 37.7. The summed E-state index contributed by atoms with van der Waals surface area (Å²) in [5, 5.41) is 8.86. The summed E-state index contributed by atoms with van der Waals surface area (Å²) < 4.78 is 30.2. The lowest BCUT2D eigenvalue weighted by Crippen LogP contribution is -2.75. The molecule has 0 aromatic carbocycles. The predicted molar refractivity (Wildman–Crippen MR) is 185 cm³/mol. The summed E-state index contributed by atoms with van der Waals surface area (Å²) in [7, 11) is -4.15. The molecule has 4 aliphatic heterocycles. The van der Waals surface area contributed by atoms with E-state index in [4.69, 9.17) is 18.1 Å². The summed E-state index contributed by atoms with van der Waals surface area (Å²) in [4.78, 5) is 0. The molecule has 0 atom stereocenters. The van der Waals surface area contributed by atoms with Crippen LogP contribution in [0.5, 0.6) is 0 Å². The summed E-state index contributed by atoms with van der Waals surface area (Å²) >= 11 is 0. The molecule has 0 spiro atoms. The second-order valence-corrected chi connectivity index (χ2v) is 21.7. The van der Waals surface area contributed by atoms with E-state index < -0.39 is 9.05 Å². The largest absolute Gasteiger partial charge is 0.749 e. The lowest BCUT2D eigenvalue weighted by molar-refractivity contribution is -0.388. The van der Waals surface area contributed by atoms with E-state index >= 15 is 0 Å². The molecule has 45 heavy (non-hydrogen) atoms. The molecule has 0 N–H and O–H groups in total. The summed E-state index contributed by atoms with van der Waals surface area (Å²) in [5.41, 5.74) is -1.87. The van der Waals surface area contributed by atoms with Gasteiger partial charge in [-0.1, -0.05) is 0 Å². The van der Waals surface area contributed by atoms with E-state index in [1.165, 1.54) is 0 Å². The molecule has 0 unspecified atom stereocenters. The van der Waals surface area contributed by atoms with E-state index in [9.17, 15) is 0 Å². The fourth-order valence-electron chi connectivity index (χ4n) is 9.44. The first-order valence-electron chi connectivity index (χ1n) is 18.2. The first-order valence-corrected chi connectivity index (χ1v) is 19.8. The Labute approximate surface area is 279 Å². The van der Waals surface area contributed by atoms with E-state index in [2.05, 4.69) is 131 Å². The maximum Gasteiger partial charge on any atom is 0.749 e. The van der Waals surface area contributed by atoms with Crippen LogP contribution in [-0.4, -0.2) is 73.6 Å². The number of hydroxylamine groups is 8. The lowest BCUT2D eigenvalue weighted by atomic mass is 9.82. The van der Waals surface area contributed by atoms with Gasteiger partial charge in [0.05, 0.1) is 0 Å². The van der Waals surface area contributed by atoms with Gasteiger partial charge in [-0.05, 0) is 188 Å². The van der Waals surface area contributed by atoms with E-state index in [1.54, 1.807) is 0 Å². The van der Waals surface area contributed by atoms with E-state index in [1.807, 2.05) is 0 Å².